The van der Waals surface area contributed by atoms with Crippen LogP contribution in [0.5, 0.6) is 0 Å². The largest absolute Gasteiger partial charge is 0.459 e. The van der Waals surface area contributed by atoms with Crippen molar-refractivity contribution in [2.24, 2.45) is 5.92 Å². The first-order valence-corrected chi connectivity index (χ1v) is 9.68. The van der Waals surface area contributed by atoms with Crippen LogP contribution in [0.4, 0.5) is 0 Å². The van der Waals surface area contributed by atoms with Gasteiger partial charge < -0.3 is 13.7 Å². The predicted molar refractivity (Wildman–Crippen MR) is 94.9 cm³/mol. The van der Waals surface area contributed by atoms with E-state index >= 15 is 0 Å². The number of likely N-dealkylation sites (tertiary alicyclic amines) is 2. The van der Waals surface area contributed by atoms with E-state index < -0.39 is 0 Å². The van der Waals surface area contributed by atoms with Crippen LogP contribution in [0.2, 0.25) is 0 Å². The highest BCUT2D eigenvalue weighted by Gasteiger charge is 2.24. The van der Waals surface area contributed by atoms with Gasteiger partial charge in [-0.05, 0) is 63.4 Å². The summed E-state index contributed by atoms with van der Waals surface area (Å²) < 4.78 is 11.1. The van der Waals surface area contributed by atoms with E-state index in [0.29, 0.717) is 17.5 Å². The molecule has 4 heterocycles. The quantitative estimate of drug-likeness (QED) is 0.828. The van der Waals surface area contributed by atoms with Crippen molar-refractivity contribution in [2.45, 2.75) is 45.1 Å². The molecule has 2 aliphatic heterocycles. The molecule has 4 rings (SSSR count). The summed E-state index contributed by atoms with van der Waals surface area (Å²) in [5.41, 5.74) is 0. The standard InChI is InChI=1S/C19H28N4O2/c1-2-4-10-22(9-3-1)13-16-7-5-11-23(14-16)15-18-20-21-19(25-18)17-8-6-12-24-17/h6,8,12,16H,1-5,7,9-11,13-15H2/t16-/m1/s1. The predicted octanol–water partition coefficient (Wildman–Crippen LogP) is 3.42. The normalized spacial score (nSPS) is 23.6. The Bertz CT molecular complexity index is 632. The molecule has 0 saturated carbocycles. The van der Waals surface area contributed by atoms with E-state index in [1.165, 1.54) is 58.2 Å². The van der Waals surface area contributed by atoms with Crippen LogP contribution in [-0.2, 0) is 6.54 Å². The monoisotopic (exact) mass is 344 g/mol. The molecule has 0 aromatic carbocycles. The highest BCUT2D eigenvalue weighted by molar-refractivity contribution is 5.42. The molecule has 6 heteroatoms. The Kier molecular flexibility index (Phi) is 5.47. The average molecular weight is 344 g/mol. The highest BCUT2D eigenvalue weighted by atomic mass is 16.4. The van der Waals surface area contributed by atoms with E-state index in [2.05, 4.69) is 20.0 Å². The molecule has 0 radical (unpaired) electrons. The van der Waals surface area contributed by atoms with E-state index in [1.807, 2.05) is 12.1 Å². The topological polar surface area (TPSA) is 58.5 Å². The van der Waals surface area contributed by atoms with Gasteiger partial charge in [-0.15, -0.1) is 10.2 Å². The van der Waals surface area contributed by atoms with Crippen molar-refractivity contribution in [3.05, 3.63) is 24.3 Å². The molecule has 0 aliphatic carbocycles. The molecule has 1 atom stereocenters. The van der Waals surface area contributed by atoms with Gasteiger partial charge in [0.2, 0.25) is 5.89 Å². The second-order valence-electron chi connectivity index (χ2n) is 7.44. The third-order valence-corrected chi connectivity index (χ3v) is 5.38. The molecule has 25 heavy (non-hydrogen) atoms. The van der Waals surface area contributed by atoms with Gasteiger partial charge in [-0.1, -0.05) is 12.8 Å². The molecular formula is C19H28N4O2. The van der Waals surface area contributed by atoms with Crippen LogP contribution >= 0.6 is 0 Å². The maximum Gasteiger partial charge on any atom is 0.283 e. The summed E-state index contributed by atoms with van der Waals surface area (Å²) in [5, 5.41) is 8.29. The van der Waals surface area contributed by atoms with Gasteiger partial charge in [0.1, 0.15) is 0 Å². The number of aromatic nitrogens is 2. The van der Waals surface area contributed by atoms with Crippen molar-refractivity contribution in [1.82, 2.24) is 20.0 Å². The van der Waals surface area contributed by atoms with Crippen molar-refractivity contribution in [2.75, 3.05) is 32.7 Å². The summed E-state index contributed by atoms with van der Waals surface area (Å²) in [6.07, 6.45) is 9.77. The SMILES string of the molecule is c1coc(-c2nnc(CN3CCC[C@H](CN4CCCCCC4)C3)o2)c1. The van der Waals surface area contributed by atoms with Gasteiger partial charge in [0.25, 0.3) is 5.89 Å². The van der Waals surface area contributed by atoms with Crippen LogP contribution in [0.3, 0.4) is 0 Å². The third-order valence-electron chi connectivity index (χ3n) is 5.38. The van der Waals surface area contributed by atoms with E-state index in [4.69, 9.17) is 8.83 Å². The first kappa shape index (κ1) is 16.8. The van der Waals surface area contributed by atoms with Gasteiger partial charge >= 0.3 is 0 Å². The molecule has 2 fully saturated rings. The van der Waals surface area contributed by atoms with Gasteiger partial charge in [0, 0.05) is 13.1 Å². The fourth-order valence-corrected chi connectivity index (χ4v) is 4.14. The van der Waals surface area contributed by atoms with Crippen LogP contribution in [0.1, 0.15) is 44.4 Å². The minimum Gasteiger partial charge on any atom is -0.459 e. The second-order valence-corrected chi connectivity index (χ2v) is 7.44. The van der Waals surface area contributed by atoms with Gasteiger partial charge in [0.05, 0.1) is 12.8 Å². The van der Waals surface area contributed by atoms with Crippen LogP contribution < -0.4 is 0 Å². The molecule has 2 aromatic heterocycles. The third kappa shape index (κ3) is 4.50. The summed E-state index contributed by atoms with van der Waals surface area (Å²) in [6, 6.07) is 3.67. The van der Waals surface area contributed by atoms with Gasteiger partial charge in [-0.25, -0.2) is 0 Å². The van der Waals surface area contributed by atoms with E-state index in [9.17, 15) is 0 Å². The molecule has 0 unspecified atom stereocenters. The molecule has 6 nitrogen and oxygen atoms in total. The fourth-order valence-electron chi connectivity index (χ4n) is 4.14. The zero-order valence-corrected chi connectivity index (χ0v) is 14.9. The number of hydrogen-bond acceptors (Lipinski definition) is 6. The number of piperidine rings is 1. The Morgan fingerprint density at radius 1 is 1.00 bits per heavy atom. The van der Waals surface area contributed by atoms with Crippen molar-refractivity contribution in [3.63, 3.8) is 0 Å². The van der Waals surface area contributed by atoms with Crippen molar-refractivity contribution < 1.29 is 8.83 Å². The molecule has 0 N–H and O–H groups in total. The lowest BCUT2D eigenvalue weighted by molar-refractivity contribution is 0.122. The summed E-state index contributed by atoms with van der Waals surface area (Å²) in [4.78, 5) is 5.15. The first-order chi connectivity index (χ1) is 12.4. The summed E-state index contributed by atoms with van der Waals surface area (Å²) >= 11 is 0. The lowest BCUT2D eigenvalue weighted by Crippen LogP contribution is -2.41. The summed E-state index contributed by atoms with van der Waals surface area (Å²) in [7, 11) is 0. The van der Waals surface area contributed by atoms with Crippen LogP contribution in [0.25, 0.3) is 11.7 Å². The zero-order chi connectivity index (χ0) is 16.9. The average Bonchev–Trinajstić information content (AvgIpc) is 3.24. The summed E-state index contributed by atoms with van der Waals surface area (Å²) in [5.74, 6) is 2.55. The van der Waals surface area contributed by atoms with Gasteiger partial charge in [-0.3, -0.25) is 4.90 Å². The van der Waals surface area contributed by atoms with E-state index in [0.717, 1.165) is 25.6 Å². The lowest BCUT2D eigenvalue weighted by atomic mass is 9.97. The van der Waals surface area contributed by atoms with Gasteiger partial charge in [-0.2, -0.15) is 0 Å². The van der Waals surface area contributed by atoms with Crippen LogP contribution in [0, 0.1) is 5.92 Å². The molecule has 0 bridgehead atoms. The Morgan fingerprint density at radius 3 is 2.64 bits per heavy atom. The number of nitrogens with zero attached hydrogens (tertiary/aromatic N) is 4. The Labute approximate surface area is 149 Å². The Hall–Kier alpha value is -1.66. The molecule has 2 saturated heterocycles. The molecule has 136 valence electrons. The fraction of sp³-hybridized carbons (Fsp3) is 0.684. The highest BCUT2D eigenvalue weighted by Crippen LogP contribution is 2.22. The number of rotatable bonds is 5. The molecular weight excluding hydrogens is 316 g/mol. The smallest absolute Gasteiger partial charge is 0.283 e. The second kappa shape index (κ2) is 8.15. The maximum absolute atomic E-state index is 5.76. The van der Waals surface area contributed by atoms with Crippen molar-refractivity contribution in [3.8, 4) is 11.7 Å². The van der Waals surface area contributed by atoms with Crippen LogP contribution in [-0.4, -0.2) is 52.7 Å². The van der Waals surface area contributed by atoms with E-state index in [1.54, 1.807) is 6.26 Å². The minimum absolute atomic E-state index is 0.470. The molecule has 0 spiro atoms. The number of hydrogen-bond donors (Lipinski definition) is 0. The van der Waals surface area contributed by atoms with Crippen LogP contribution in [0.15, 0.2) is 27.2 Å². The molecule has 0 amide bonds. The Morgan fingerprint density at radius 2 is 1.84 bits per heavy atom. The summed E-state index contributed by atoms with van der Waals surface area (Å²) in [6.45, 7) is 6.81. The number of furan rings is 1. The Balaban J connectivity index is 1.30. The first-order valence-electron chi connectivity index (χ1n) is 9.68. The van der Waals surface area contributed by atoms with Gasteiger partial charge in [0.15, 0.2) is 5.76 Å². The van der Waals surface area contributed by atoms with Crippen molar-refractivity contribution >= 4 is 0 Å². The maximum atomic E-state index is 5.76. The molecule has 2 aromatic rings. The van der Waals surface area contributed by atoms with Crippen molar-refractivity contribution in [1.29, 1.82) is 0 Å². The van der Waals surface area contributed by atoms with E-state index in [-0.39, 0.29) is 0 Å². The molecule has 2 aliphatic rings. The lowest BCUT2D eigenvalue weighted by Gasteiger charge is -2.34. The minimum atomic E-state index is 0.470. The zero-order valence-electron chi connectivity index (χ0n) is 14.9.